The number of rotatable bonds is 0. The lowest BCUT2D eigenvalue weighted by molar-refractivity contribution is 0.388. The monoisotopic (exact) mass is 366 g/mol. The summed E-state index contributed by atoms with van der Waals surface area (Å²) in [5.41, 5.74) is 4.24. The summed E-state index contributed by atoms with van der Waals surface area (Å²) < 4.78 is 6.62. The van der Waals surface area contributed by atoms with Gasteiger partial charge in [0.05, 0.1) is 3.92 Å². The minimum Gasteiger partial charge on any atom is -0.460 e. The second kappa shape index (κ2) is 4.65. The lowest BCUT2D eigenvalue weighted by Crippen LogP contribution is -2.20. The van der Waals surface area contributed by atoms with Crippen LogP contribution in [-0.4, -0.2) is 3.92 Å². The molecule has 0 saturated heterocycles. The van der Waals surface area contributed by atoms with Crippen LogP contribution in [0.15, 0.2) is 41.7 Å². The third kappa shape index (κ3) is 2.47. The van der Waals surface area contributed by atoms with Gasteiger partial charge in [-0.05, 0) is 34.6 Å². The zero-order chi connectivity index (χ0) is 13.6. The van der Waals surface area contributed by atoms with Crippen LogP contribution in [0, 0.1) is 0 Å². The van der Waals surface area contributed by atoms with E-state index in [1.807, 2.05) is 0 Å². The van der Waals surface area contributed by atoms with E-state index >= 15 is 0 Å². The fraction of sp³-hybridized carbons (Fsp3) is 0.412. The van der Waals surface area contributed by atoms with E-state index in [1.54, 1.807) is 0 Å². The first kappa shape index (κ1) is 13.2. The molecule has 1 aromatic carbocycles. The van der Waals surface area contributed by atoms with Crippen molar-refractivity contribution in [2.24, 2.45) is 0 Å². The maximum absolute atomic E-state index is 6.14. The first-order chi connectivity index (χ1) is 8.95. The topological polar surface area (TPSA) is 9.23 Å². The molecule has 1 unspecified atom stereocenters. The molecule has 0 radical (unpaired) electrons. The van der Waals surface area contributed by atoms with Crippen LogP contribution in [0.1, 0.15) is 38.3 Å². The van der Waals surface area contributed by atoms with Gasteiger partial charge in [-0.1, -0.05) is 67.6 Å². The van der Waals surface area contributed by atoms with Gasteiger partial charge in [-0.3, -0.25) is 0 Å². The Morgan fingerprint density at radius 1 is 1.26 bits per heavy atom. The lowest BCUT2D eigenvalue weighted by atomic mass is 9.84. The molecule has 1 aliphatic carbocycles. The molecule has 1 atom stereocenters. The van der Waals surface area contributed by atoms with Gasteiger partial charge in [0.1, 0.15) is 11.5 Å². The molecule has 1 heterocycles. The summed E-state index contributed by atoms with van der Waals surface area (Å²) in [5.74, 6) is 2.21. The summed E-state index contributed by atoms with van der Waals surface area (Å²) in [6.07, 6.45) is 6.58. The third-order valence-electron chi connectivity index (χ3n) is 3.79. The Morgan fingerprint density at radius 2 is 2.05 bits per heavy atom. The van der Waals surface area contributed by atoms with Crippen molar-refractivity contribution in [2.45, 2.75) is 43.0 Å². The molecule has 100 valence electrons. The highest BCUT2D eigenvalue weighted by Crippen LogP contribution is 2.38. The van der Waals surface area contributed by atoms with Gasteiger partial charge in [0.2, 0.25) is 0 Å². The molecule has 1 nitrogen and oxygen atoms in total. The van der Waals surface area contributed by atoms with Crippen LogP contribution in [0.4, 0.5) is 0 Å². The Morgan fingerprint density at radius 3 is 2.79 bits per heavy atom. The standard InChI is InChI=1S/C17H19IO/c1-17(2,3)13-7-8-15-12(10-13)9-11-5-4-6-14(18)16(11)19-15/h4-5,7-8,10,14H,6,9H2,1-3H3. The molecule has 0 bridgehead atoms. The Labute approximate surface area is 128 Å². The van der Waals surface area contributed by atoms with Crippen molar-refractivity contribution in [1.82, 2.24) is 0 Å². The van der Waals surface area contributed by atoms with E-state index in [-0.39, 0.29) is 5.41 Å². The summed E-state index contributed by atoms with van der Waals surface area (Å²) >= 11 is 2.48. The zero-order valence-electron chi connectivity index (χ0n) is 11.7. The van der Waals surface area contributed by atoms with Crippen molar-refractivity contribution < 1.29 is 4.74 Å². The van der Waals surface area contributed by atoms with Gasteiger partial charge < -0.3 is 4.74 Å². The number of hydrogen-bond acceptors (Lipinski definition) is 1. The largest absolute Gasteiger partial charge is 0.460 e. The zero-order valence-corrected chi connectivity index (χ0v) is 13.8. The van der Waals surface area contributed by atoms with Crippen molar-refractivity contribution in [3.63, 3.8) is 0 Å². The molecule has 0 spiro atoms. The highest BCUT2D eigenvalue weighted by molar-refractivity contribution is 14.1. The van der Waals surface area contributed by atoms with E-state index in [4.69, 9.17) is 4.74 Å². The molecular weight excluding hydrogens is 347 g/mol. The van der Waals surface area contributed by atoms with E-state index in [0.29, 0.717) is 3.92 Å². The molecule has 0 saturated carbocycles. The van der Waals surface area contributed by atoms with E-state index in [9.17, 15) is 0 Å². The van der Waals surface area contributed by atoms with Gasteiger partial charge in [0, 0.05) is 6.42 Å². The number of hydrogen-bond donors (Lipinski definition) is 0. The van der Waals surface area contributed by atoms with Crippen molar-refractivity contribution in [2.75, 3.05) is 0 Å². The van der Waals surface area contributed by atoms with E-state index in [2.05, 4.69) is 73.7 Å². The second-order valence-electron chi connectivity index (χ2n) is 6.35. The van der Waals surface area contributed by atoms with Gasteiger partial charge in [-0.2, -0.15) is 0 Å². The number of allylic oxidation sites excluding steroid dienone is 4. The van der Waals surface area contributed by atoms with Gasteiger partial charge in [0.15, 0.2) is 0 Å². The quantitative estimate of drug-likeness (QED) is 0.467. The maximum Gasteiger partial charge on any atom is 0.130 e. The first-order valence-corrected chi connectivity index (χ1v) is 8.04. The molecule has 0 fully saturated rings. The Kier molecular flexibility index (Phi) is 3.24. The number of halogens is 1. The lowest BCUT2D eigenvalue weighted by Gasteiger charge is -2.29. The summed E-state index contributed by atoms with van der Waals surface area (Å²) in [4.78, 5) is 0. The average molecular weight is 366 g/mol. The fourth-order valence-corrected chi connectivity index (χ4v) is 3.42. The van der Waals surface area contributed by atoms with Crippen LogP contribution in [0.3, 0.4) is 0 Å². The van der Waals surface area contributed by atoms with Crippen LogP contribution in [0.5, 0.6) is 5.75 Å². The minimum atomic E-state index is 0.192. The van der Waals surface area contributed by atoms with E-state index in [0.717, 1.165) is 18.6 Å². The molecule has 2 aliphatic rings. The Bertz CT molecular complexity index is 575. The first-order valence-electron chi connectivity index (χ1n) is 6.80. The van der Waals surface area contributed by atoms with E-state index < -0.39 is 0 Å². The predicted molar refractivity (Wildman–Crippen MR) is 88.1 cm³/mol. The average Bonchev–Trinajstić information content (AvgIpc) is 2.35. The van der Waals surface area contributed by atoms with Gasteiger partial charge in [-0.25, -0.2) is 0 Å². The Balaban J connectivity index is 1.99. The van der Waals surface area contributed by atoms with Crippen molar-refractivity contribution in [3.8, 4) is 5.75 Å². The highest BCUT2D eigenvalue weighted by atomic mass is 127. The van der Waals surface area contributed by atoms with Crippen molar-refractivity contribution >= 4 is 22.6 Å². The molecule has 0 amide bonds. The van der Waals surface area contributed by atoms with Crippen LogP contribution in [0.2, 0.25) is 0 Å². The van der Waals surface area contributed by atoms with Gasteiger partial charge >= 0.3 is 0 Å². The molecule has 0 aromatic heterocycles. The molecule has 2 heteroatoms. The summed E-state index contributed by atoms with van der Waals surface area (Å²) in [5, 5.41) is 0. The summed E-state index contributed by atoms with van der Waals surface area (Å²) in [6.45, 7) is 6.76. The SMILES string of the molecule is CC(C)(C)c1ccc2c(c1)CC1=C(O2)C(I)CC=C1. The fourth-order valence-electron chi connectivity index (χ4n) is 2.60. The predicted octanol–water partition coefficient (Wildman–Crippen LogP) is 4.94. The molecular formula is C17H19IO. The van der Waals surface area contributed by atoms with Crippen LogP contribution in [0.25, 0.3) is 0 Å². The van der Waals surface area contributed by atoms with Gasteiger partial charge in [-0.15, -0.1) is 0 Å². The molecule has 0 N–H and O–H groups in total. The number of alkyl halides is 1. The molecule has 3 rings (SSSR count). The third-order valence-corrected chi connectivity index (χ3v) is 4.86. The number of ether oxygens (including phenoxy) is 1. The van der Waals surface area contributed by atoms with Gasteiger partial charge in [0.25, 0.3) is 0 Å². The molecule has 1 aliphatic heterocycles. The van der Waals surface area contributed by atoms with Crippen LogP contribution >= 0.6 is 22.6 Å². The normalized spacial score (nSPS) is 21.8. The number of fused-ring (bicyclic) bond motifs is 1. The Hall–Kier alpha value is -0.770. The van der Waals surface area contributed by atoms with Crippen LogP contribution < -0.4 is 4.74 Å². The van der Waals surface area contributed by atoms with Crippen molar-refractivity contribution in [1.29, 1.82) is 0 Å². The molecule has 19 heavy (non-hydrogen) atoms. The summed E-state index contributed by atoms with van der Waals surface area (Å²) in [7, 11) is 0. The number of benzene rings is 1. The smallest absolute Gasteiger partial charge is 0.130 e. The van der Waals surface area contributed by atoms with E-state index in [1.165, 1.54) is 22.5 Å². The second-order valence-corrected chi connectivity index (χ2v) is 7.85. The highest BCUT2D eigenvalue weighted by Gasteiger charge is 2.26. The summed E-state index contributed by atoms with van der Waals surface area (Å²) in [6, 6.07) is 6.65. The van der Waals surface area contributed by atoms with Crippen molar-refractivity contribution in [3.05, 3.63) is 52.8 Å². The maximum atomic E-state index is 6.14. The molecule has 1 aromatic rings. The minimum absolute atomic E-state index is 0.192. The van der Waals surface area contributed by atoms with Crippen LogP contribution in [-0.2, 0) is 11.8 Å².